The van der Waals surface area contributed by atoms with Gasteiger partial charge in [0.05, 0.1) is 0 Å². The van der Waals surface area contributed by atoms with Crippen molar-refractivity contribution in [1.82, 2.24) is 0 Å². The minimum absolute atomic E-state index is 0.0427. The molecule has 0 radical (unpaired) electrons. The maximum absolute atomic E-state index is 13.5. The van der Waals surface area contributed by atoms with Crippen molar-refractivity contribution >= 4 is 11.8 Å². The van der Waals surface area contributed by atoms with Crippen molar-refractivity contribution in [3.63, 3.8) is 0 Å². The number of benzene rings is 1. The molecular formula is C16H18F6NO2-. The van der Waals surface area contributed by atoms with E-state index >= 15 is 0 Å². The van der Waals surface area contributed by atoms with Gasteiger partial charge in [0.25, 0.3) is 0 Å². The van der Waals surface area contributed by atoms with Gasteiger partial charge >= 0.3 is 12.4 Å². The molecule has 1 aromatic rings. The summed E-state index contributed by atoms with van der Waals surface area (Å²) in [4.78, 5) is 10.8. The van der Waals surface area contributed by atoms with Crippen LogP contribution in [-0.2, 0) is 0 Å². The van der Waals surface area contributed by atoms with E-state index in [1.807, 2.05) is 0 Å². The molecule has 0 aliphatic heterocycles. The second kappa shape index (κ2) is 6.76. The van der Waals surface area contributed by atoms with Gasteiger partial charge in [-0.05, 0) is 36.5 Å². The fourth-order valence-corrected chi connectivity index (χ4v) is 2.77. The smallest absolute Gasteiger partial charge is 0.420 e. The number of amides is 1. The van der Waals surface area contributed by atoms with Crippen LogP contribution in [0.5, 0.6) is 0 Å². The maximum atomic E-state index is 13.5. The fraction of sp³-hybridized carbons (Fsp3) is 0.562. The molecule has 0 N–H and O–H groups in total. The Bertz CT molecular complexity index is 622. The van der Waals surface area contributed by atoms with E-state index in [4.69, 9.17) is 0 Å². The zero-order valence-corrected chi connectivity index (χ0v) is 14.0. The molecule has 0 fully saturated rings. The third kappa shape index (κ3) is 3.55. The Hall–Kier alpha value is -1.93. The molecular weight excluding hydrogens is 352 g/mol. The first-order chi connectivity index (χ1) is 11.2. The minimum atomic E-state index is -5.89. The van der Waals surface area contributed by atoms with Crippen LogP contribution < -0.4 is 10.0 Å². The number of halogens is 6. The quantitative estimate of drug-likeness (QED) is 0.731. The highest BCUT2D eigenvalue weighted by Crippen LogP contribution is 2.51. The molecule has 1 amide bonds. The van der Waals surface area contributed by atoms with Crippen LogP contribution in [-0.4, -0.2) is 24.0 Å². The number of nitrogens with zero attached hydrogens (tertiary/aromatic N) is 1. The minimum Gasteiger partial charge on any atom is -0.530 e. The summed E-state index contributed by atoms with van der Waals surface area (Å²) in [6.45, 7) is 5.16. The number of carboxylic acid groups (broad SMARTS) is 1. The average molecular weight is 370 g/mol. The maximum Gasteiger partial charge on any atom is 0.420 e. The van der Waals surface area contributed by atoms with Crippen LogP contribution >= 0.6 is 0 Å². The van der Waals surface area contributed by atoms with E-state index in [1.165, 1.54) is 32.9 Å². The lowest BCUT2D eigenvalue weighted by Gasteiger charge is -2.47. The topological polar surface area (TPSA) is 43.4 Å². The summed E-state index contributed by atoms with van der Waals surface area (Å²) in [5.74, 6) is -0.506. The van der Waals surface area contributed by atoms with Gasteiger partial charge < -0.3 is 14.8 Å². The number of alkyl halides is 6. The number of anilines is 1. The third-order valence-electron chi connectivity index (χ3n) is 4.06. The predicted molar refractivity (Wildman–Crippen MR) is 78.3 cm³/mol. The van der Waals surface area contributed by atoms with Crippen molar-refractivity contribution in [2.24, 2.45) is 0 Å². The number of hydrogen-bond donors (Lipinski definition) is 0. The predicted octanol–water partition coefficient (Wildman–Crippen LogP) is 4.54. The number of aryl methyl sites for hydroxylation is 1. The molecule has 0 heterocycles. The summed E-state index contributed by atoms with van der Waals surface area (Å²) < 4.78 is 81.3. The summed E-state index contributed by atoms with van der Waals surface area (Å²) in [6.07, 6.45) is -15.9. The van der Waals surface area contributed by atoms with Gasteiger partial charge in [-0.15, -0.1) is 0 Å². The molecule has 142 valence electrons. The van der Waals surface area contributed by atoms with Crippen molar-refractivity contribution < 1.29 is 36.2 Å². The second-order valence-corrected chi connectivity index (χ2v) is 6.03. The number of rotatable bonds is 4. The zero-order valence-electron chi connectivity index (χ0n) is 14.0. The van der Waals surface area contributed by atoms with Crippen LogP contribution in [0.3, 0.4) is 0 Å². The molecule has 1 aromatic carbocycles. The van der Waals surface area contributed by atoms with Gasteiger partial charge in [-0.25, -0.2) is 0 Å². The number of hydrogen-bond acceptors (Lipinski definition) is 2. The summed E-state index contributed by atoms with van der Waals surface area (Å²) in [6, 6.07) is 3.80. The van der Waals surface area contributed by atoms with E-state index in [0.29, 0.717) is 12.5 Å². The van der Waals surface area contributed by atoms with Crippen LogP contribution in [0.2, 0.25) is 0 Å². The van der Waals surface area contributed by atoms with E-state index in [1.54, 1.807) is 0 Å². The highest BCUT2D eigenvalue weighted by molar-refractivity contribution is 5.88. The number of carbonyl (C=O) groups is 1. The monoisotopic (exact) mass is 370 g/mol. The molecule has 0 aliphatic rings. The molecule has 0 unspecified atom stereocenters. The lowest BCUT2D eigenvalue weighted by Crippen LogP contribution is -2.71. The Morgan fingerprint density at radius 3 is 1.92 bits per heavy atom. The molecule has 0 saturated carbocycles. The van der Waals surface area contributed by atoms with Crippen molar-refractivity contribution in [1.29, 1.82) is 0 Å². The molecule has 0 aliphatic carbocycles. The first-order valence-corrected chi connectivity index (χ1v) is 7.46. The van der Waals surface area contributed by atoms with E-state index in [0.717, 1.165) is 6.07 Å². The first-order valence-electron chi connectivity index (χ1n) is 7.46. The van der Waals surface area contributed by atoms with Gasteiger partial charge in [-0.3, -0.25) is 0 Å². The van der Waals surface area contributed by atoms with Crippen molar-refractivity contribution in [3.05, 3.63) is 29.3 Å². The highest BCUT2D eigenvalue weighted by Gasteiger charge is 2.73. The largest absolute Gasteiger partial charge is 0.530 e. The molecule has 0 spiro atoms. The van der Waals surface area contributed by atoms with Crippen LogP contribution in [0, 0.1) is 6.92 Å². The van der Waals surface area contributed by atoms with Gasteiger partial charge in [0.2, 0.25) is 5.54 Å². The molecule has 1 rings (SSSR count). The fourth-order valence-electron chi connectivity index (χ4n) is 2.77. The number of carbonyl (C=O) groups excluding carboxylic acids is 1. The molecule has 0 bridgehead atoms. The Kier molecular flexibility index (Phi) is 5.71. The third-order valence-corrected chi connectivity index (χ3v) is 4.06. The van der Waals surface area contributed by atoms with E-state index in [-0.39, 0.29) is 5.56 Å². The molecule has 0 saturated heterocycles. The van der Waals surface area contributed by atoms with E-state index in [9.17, 15) is 36.2 Å². The normalized spacial score (nSPS) is 13.2. The van der Waals surface area contributed by atoms with E-state index in [2.05, 4.69) is 0 Å². The SMILES string of the molecule is CCC(N(C(=O)[O-])c1cc(C)ccc1C(C)C)(C(F)(F)F)C(F)(F)F. The molecule has 0 atom stereocenters. The molecule has 3 nitrogen and oxygen atoms in total. The van der Waals surface area contributed by atoms with Crippen LogP contribution in [0.4, 0.5) is 36.8 Å². The highest BCUT2D eigenvalue weighted by atomic mass is 19.4. The average Bonchev–Trinajstić information content (AvgIpc) is 2.40. The summed E-state index contributed by atoms with van der Waals surface area (Å²) in [7, 11) is 0. The molecule has 25 heavy (non-hydrogen) atoms. The Labute approximate surface area is 141 Å². The second-order valence-electron chi connectivity index (χ2n) is 6.03. The van der Waals surface area contributed by atoms with Crippen molar-refractivity contribution in [3.8, 4) is 0 Å². The Morgan fingerprint density at radius 2 is 1.60 bits per heavy atom. The Morgan fingerprint density at radius 1 is 1.12 bits per heavy atom. The van der Waals surface area contributed by atoms with Gasteiger partial charge in [0.1, 0.15) is 6.09 Å². The van der Waals surface area contributed by atoms with Crippen molar-refractivity contribution in [2.45, 2.75) is 57.9 Å². The summed E-state index contributed by atoms with van der Waals surface area (Å²) in [5.41, 5.74) is -4.91. The molecule has 0 aromatic heterocycles. The van der Waals surface area contributed by atoms with Gasteiger partial charge in [0, 0.05) is 5.69 Å². The standard InChI is InChI=1S/C16H19F6NO2/c1-5-14(15(17,18)19,16(20,21)22)23(13(24)25)12-8-10(4)6-7-11(12)9(2)3/h6-9H,5H2,1-4H3,(H,24,25)/p-1. The van der Waals surface area contributed by atoms with Gasteiger partial charge in [-0.2, -0.15) is 26.3 Å². The Balaban J connectivity index is 3.92. The lowest BCUT2D eigenvalue weighted by atomic mass is 9.89. The van der Waals surface area contributed by atoms with Crippen LogP contribution in [0.15, 0.2) is 18.2 Å². The summed E-state index contributed by atoms with van der Waals surface area (Å²) in [5, 5.41) is 11.5. The van der Waals surface area contributed by atoms with Crippen LogP contribution in [0.25, 0.3) is 0 Å². The lowest BCUT2D eigenvalue weighted by molar-refractivity contribution is -0.308. The molecule has 9 heteroatoms. The summed E-state index contributed by atoms with van der Waals surface area (Å²) >= 11 is 0. The van der Waals surface area contributed by atoms with E-state index < -0.39 is 46.9 Å². The van der Waals surface area contributed by atoms with Gasteiger partial charge in [0.15, 0.2) is 0 Å². The van der Waals surface area contributed by atoms with Gasteiger partial charge in [-0.1, -0.05) is 32.9 Å². The zero-order chi connectivity index (χ0) is 19.8. The van der Waals surface area contributed by atoms with Crippen molar-refractivity contribution in [2.75, 3.05) is 4.90 Å². The van der Waals surface area contributed by atoms with Crippen LogP contribution in [0.1, 0.15) is 44.2 Å². The first kappa shape index (κ1) is 21.1.